The van der Waals surface area contributed by atoms with Crippen molar-refractivity contribution < 1.29 is 18.0 Å². The number of carbonyl (C=O) groups excluding carboxylic acids is 1. The third kappa shape index (κ3) is 5.19. The fourth-order valence-electron chi connectivity index (χ4n) is 2.18. The molecule has 0 spiro atoms. The zero-order chi connectivity index (χ0) is 17.7. The molecule has 1 amide bonds. The van der Waals surface area contributed by atoms with Crippen molar-refractivity contribution in [2.45, 2.75) is 32.6 Å². The van der Waals surface area contributed by atoms with Crippen LogP contribution in [0.4, 0.5) is 13.2 Å². The van der Waals surface area contributed by atoms with Crippen LogP contribution in [-0.2, 0) is 24.3 Å². The van der Waals surface area contributed by atoms with Gasteiger partial charge in [0.25, 0.3) is 0 Å². The summed E-state index contributed by atoms with van der Waals surface area (Å²) in [7, 11) is 0. The first-order valence-corrected chi connectivity index (χ1v) is 8.05. The highest BCUT2D eigenvalue weighted by Crippen LogP contribution is 2.18. The van der Waals surface area contributed by atoms with E-state index in [-0.39, 0.29) is 12.5 Å². The quantitative estimate of drug-likeness (QED) is 0.715. The number of hydrogen-bond acceptors (Lipinski definition) is 4. The molecule has 0 radical (unpaired) electrons. The van der Waals surface area contributed by atoms with Crippen LogP contribution in [0.3, 0.4) is 0 Å². The van der Waals surface area contributed by atoms with Crippen molar-refractivity contribution >= 4 is 17.2 Å². The van der Waals surface area contributed by atoms with Crippen LogP contribution in [0.25, 0.3) is 0 Å². The molecule has 0 saturated carbocycles. The summed E-state index contributed by atoms with van der Waals surface area (Å²) in [6.45, 7) is 4.82. The van der Waals surface area contributed by atoms with Gasteiger partial charge in [-0.25, -0.2) is 4.98 Å². The fraction of sp³-hybridized carbons (Fsp3) is 0.400. The lowest BCUT2D eigenvalue weighted by molar-refractivity contribution is -0.142. The summed E-state index contributed by atoms with van der Waals surface area (Å²) >= 11 is 1.51. The Morgan fingerprint density at radius 2 is 2.25 bits per heavy atom. The summed E-state index contributed by atoms with van der Waals surface area (Å²) in [6, 6.07) is 0. The van der Waals surface area contributed by atoms with Gasteiger partial charge in [0.05, 0.1) is 17.4 Å². The Hall–Kier alpha value is -2.16. The number of rotatable bonds is 7. The van der Waals surface area contributed by atoms with Crippen LogP contribution in [0.5, 0.6) is 0 Å². The fourth-order valence-corrected chi connectivity index (χ4v) is 2.95. The van der Waals surface area contributed by atoms with Gasteiger partial charge in [0.2, 0.25) is 5.91 Å². The molecule has 2 rings (SSSR count). The van der Waals surface area contributed by atoms with Crippen LogP contribution in [-0.4, -0.2) is 38.3 Å². The van der Waals surface area contributed by atoms with E-state index >= 15 is 0 Å². The maximum absolute atomic E-state index is 12.4. The Bertz CT molecular complexity index is 708. The molecule has 0 aliphatic rings. The minimum absolute atomic E-state index is 0.181. The SMILES string of the molecule is C=CC(=O)N(CCc1scnc1C)Cc1cnn(CC(F)(F)F)c1. The molecule has 2 aromatic heterocycles. The van der Waals surface area contributed by atoms with E-state index in [4.69, 9.17) is 0 Å². The Morgan fingerprint density at radius 3 is 2.83 bits per heavy atom. The summed E-state index contributed by atoms with van der Waals surface area (Å²) in [5.41, 5.74) is 3.20. The van der Waals surface area contributed by atoms with E-state index < -0.39 is 12.7 Å². The molecule has 130 valence electrons. The third-order valence-corrected chi connectivity index (χ3v) is 4.34. The highest BCUT2D eigenvalue weighted by molar-refractivity contribution is 7.09. The molecule has 0 aromatic carbocycles. The van der Waals surface area contributed by atoms with Crippen molar-refractivity contribution in [3.8, 4) is 0 Å². The van der Waals surface area contributed by atoms with Gasteiger partial charge in [0.1, 0.15) is 6.54 Å². The van der Waals surface area contributed by atoms with Gasteiger partial charge < -0.3 is 4.90 Å². The predicted molar refractivity (Wildman–Crippen MR) is 84.5 cm³/mol. The third-order valence-electron chi connectivity index (χ3n) is 3.34. The largest absolute Gasteiger partial charge is 0.408 e. The first-order chi connectivity index (χ1) is 11.3. The molecule has 0 saturated heterocycles. The highest BCUT2D eigenvalue weighted by Gasteiger charge is 2.28. The molecule has 0 atom stereocenters. The van der Waals surface area contributed by atoms with E-state index in [0.717, 1.165) is 15.3 Å². The monoisotopic (exact) mass is 358 g/mol. The van der Waals surface area contributed by atoms with E-state index in [1.165, 1.54) is 34.7 Å². The van der Waals surface area contributed by atoms with Gasteiger partial charge in [0, 0.05) is 36.1 Å². The maximum atomic E-state index is 12.4. The zero-order valence-corrected chi connectivity index (χ0v) is 13.9. The molecule has 0 aliphatic heterocycles. The summed E-state index contributed by atoms with van der Waals surface area (Å²) in [6.07, 6.45) is 0.137. The number of alkyl halides is 3. The summed E-state index contributed by atoms with van der Waals surface area (Å²) in [5.74, 6) is -0.277. The van der Waals surface area contributed by atoms with Crippen LogP contribution >= 0.6 is 11.3 Å². The second-order valence-corrected chi connectivity index (χ2v) is 6.18. The second-order valence-electron chi connectivity index (χ2n) is 5.24. The van der Waals surface area contributed by atoms with Gasteiger partial charge >= 0.3 is 6.18 Å². The standard InChI is InChI=1S/C15H17F3N4OS/c1-3-14(23)21(5-4-13-11(2)19-10-24-13)7-12-6-20-22(8-12)9-15(16,17)18/h3,6,8,10H,1,4-5,7,9H2,2H3. The maximum Gasteiger partial charge on any atom is 0.408 e. The zero-order valence-electron chi connectivity index (χ0n) is 13.1. The Morgan fingerprint density at radius 1 is 1.50 bits per heavy atom. The summed E-state index contributed by atoms with van der Waals surface area (Å²) in [5, 5.41) is 3.69. The van der Waals surface area contributed by atoms with Crippen LogP contribution in [0, 0.1) is 6.92 Å². The number of halogens is 3. The van der Waals surface area contributed by atoms with E-state index in [1.807, 2.05) is 6.92 Å². The average Bonchev–Trinajstić information content (AvgIpc) is 3.10. The second kappa shape index (κ2) is 7.61. The van der Waals surface area contributed by atoms with Crippen LogP contribution in [0.1, 0.15) is 16.1 Å². The molecule has 0 fully saturated rings. The van der Waals surface area contributed by atoms with Crippen LogP contribution in [0.15, 0.2) is 30.6 Å². The van der Waals surface area contributed by atoms with Crippen LogP contribution in [0.2, 0.25) is 0 Å². The smallest absolute Gasteiger partial charge is 0.334 e. The molecule has 2 heterocycles. The van der Waals surface area contributed by atoms with Crippen molar-refractivity contribution in [2.24, 2.45) is 0 Å². The first kappa shape index (κ1) is 18.2. The normalized spacial score (nSPS) is 11.5. The molecule has 0 N–H and O–H groups in total. The van der Waals surface area contributed by atoms with Crippen molar-refractivity contribution in [3.63, 3.8) is 0 Å². The molecular formula is C15H17F3N4OS. The molecule has 2 aromatic rings. The van der Waals surface area contributed by atoms with E-state index in [0.29, 0.717) is 18.5 Å². The molecule has 0 aliphatic carbocycles. The number of aryl methyl sites for hydroxylation is 1. The van der Waals surface area contributed by atoms with Crippen molar-refractivity contribution in [3.05, 3.63) is 46.7 Å². The number of nitrogens with zero attached hydrogens (tertiary/aromatic N) is 4. The van der Waals surface area contributed by atoms with E-state index in [9.17, 15) is 18.0 Å². The first-order valence-electron chi connectivity index (χ1n) is 7.17. The van der Waals surface area contributed by atoms with Gasteiger partial charge in [-0.05, 0) is 13.0 Å². The molecular weight excluding hydrogens is 341 g/mol. The van der Waals surface area contributed by atoms with E-state index in [2.05, 4.69) is 16.7 Å². The lowest BCUT2D eigenvalue weighted by atomic mass is 10.2. The van der Waals surface area contributed by atoms with E-state index in [1.54, 1.807) is 5.51 Å². The minimum Gasteiger partial charge on any atom is -0.334 e. The van der Waals surface area contributed by atoms with Crippen molar-refractivity contribution in [1.29, 1.82) is 0 Å². The summed E-state index contributed by atoms with van der Waals surface area (Å²) in [4.78, 5) is 18.7. The van der Waals surface area contributed by atoms with Gasteiger partial charge in [-0.3, -0.25) is 9.48 Å². The lowest BCUT2D eigenvalue weighted by Crippen LogP contribution is -2.30. The number of thiazole rings is 1. The molecule has 5 nitrogen and oxygen atoms in total. The Labute approximate surface area is 141 Å². The minimum atomic E-state index is -4.33. The number of aromatic nitrogens is 3. The topological polar surface area (TPSA) is 51.0 Å². The van der Waals surface area contributed by atoms with Crippen molar-refractivity contribution in [2.75, 3.05) is 6.54 Å². The number of hydrogen-bond donors (Lipinski definition) is 0. The highest BCUT2D eigenvalue weighted by atomic mass is 32.1. The molecule has 9 heteroatoms. The van der Waals surface area contributed by atoms with Crippen molar-refractivity contribution in [1.82, 2.24) is 19.7 Å². The molecule has 24 heavy (non-hydrogen) atoms. The summed E-state index contributed by atoms with van der Waals surface area (Å²) < 4.78 is 37.9. The Kier molecular flexibility index (Phi) is 5.76. The number of amides is 1. The van der Waals surface area contributed by atoms with Gasteiger partial charge in [-0.15, -0.1) is 11.3 Å². The van der Waals surface area contributed by atoms with Gasteiger partial charge in [-0.1, -0.05) is 6.58 Å². The predicted octanol–water partition coefficient (Wildman–Crippen LogP) is 2.97. The lowest BCUT2D eigenvalue weighted by Gasteiger charge is -2.20. The average molecular weight is 358 g/mol. The van der Waals surface area contributed by atoms with Crippen LogP contribution < -0.4 is 0 Å². The Balaban J connectivity index is 2.02. The van der Waals surface area contributed by atoms with Gasteiger partial charge in [0.15, 0.2) is 0 Å². The molecule has 0 bridgehead atoms. The number of carbonyl (C=O) groups is 1. The van der Waals surface area contributed by atoms with Gasteiger partial charge in [-0.2, -0.15) is 18.3 Å². The molecule has 0 unspecified atom stereocenters.